The van der Waals surface area contributed by atoms with E-state index in [0.717, 1.165) is 30.7 Å². The molecule has 2 aromatic rings. The van der Waals surface area contributed by atoms with Gasteiger partial charge in [0.2, 0.25) is 5.91 Å². The van der Waals surface area contributed by atoms with Gasteiger partial charge in [0.1, 0.15) is 5.75 Å². The number of nitrogens with one attached hydrogen (secondary N) is 1. The Bertz CT molecular complexity index is 681. The first-order chi connectivity index (χ1) is 11.7. The number of hydrogen-bond donors (Lipinski definition) is 1. The zero-order chi connectivity index (χ0) is 16.9. The van der Waals surface area contributed by atoms with Crippen molar-refractivity contribution in [3.8, 4) is 5.75 Å². The third-order valence-corrected chi connectivity index (χ3v) is 5.58. The molecule has 5 heteroatoms. The molecule has 0 saturated heterocycles. The number of fused-ring (bicyclic) bond motifs is 1. The standard InChI is InChI=1S/C19H24N2O2S/c1-3-17-16-9-11-24-18(16)8-10-21(17)13-19(22)20-12-14-4-6-15(23-2)7-5-14/h4-7,9,11,17H,3,8,10,12-13H2,1-2H3,(H,20,22). The van der Waals surface area contributed by atoms with Crippen molar-refractivity contribution in [3.05, 3.63) is 51.7 Å². The fraction of sp³-hybridized carbons (Fsp3) is 0.421. The van der Waals surface area contributed by atoms with E-state index in [-0.39, 0.29) is 5.91 Å². The molecular formula is C19H24N2O2S. The average molecular weight is 344 g/mol. The molecule has 1 amide bonds. The van der Waals surface area contributed by atoms with Gasteiger partial charge in [-0.2, -0.15) is 0 Å². The fourth-order valence-electron chi connectivity index (χ4n) is 3.30. The monoisotopic (exact) mass is 344 g/mol. The van der Waals surface area contributed by atoms with E-state index in [2.05, 4.69) is 28.6 Å². The Kier molecular flexibility index (Phi) is 5.53. The van der Waals surface area contributed by atoms with Gasteiger partial charge in [0.05, 0.1) is 13.7 Å². The lowest BCUT2D eigenvalue weighted by atomic mass is 9.98. The normalized spacial score (nSPS) is 17.3. The van der Waals surface area contributed by atoms with Gasteiger partial charge in [-0.05, 0) is 47.5 Å². The number of ether oxygens (including phenoxy) is 1. The van der Waals surface area contributed by atoms with Crippen LogP contribution >= 0.6 is 11.3 Å². The lowest BCUT2D eigenvalue weighted by molar-refractivity contribution is -0.123. The summed E-state index contributed by atoms with van der Waals surface area (Å²) in [5.41, 5.74) is 2.49. The van der Waals surface area contributed by atoms with E-state index >= 15 is 0 Å². The summed E-state index contributed by atoms with van der Waals surface area (Å²) in [6.45, 7) is 4.17. The Morgan fingerprint density at radius 1 is 1.33 bits per heavy atom. The summed E-state index contributed by atoms with van der Waals surface area (Å²) in [4.78, 5) is 16.1. The maximum atomic E-state index is 12.3. The van der Waals surface area contributed by atoms with Crippen LogP contribution in [-0.2, 0) is 17.8 Å². The number of rotatable bonds is 6. The fourth-order valence-corrected chi connectivity index (χ4v) is 4.23. The molecule has 1 aromatic heterocycles. The number of nitrogens with zero attached hydrogens (tertiary/aromatic N) is 1. The molecule has 1 unspecified atom stereocenters. The van der Waals surface area contributed by atoms with Gasteiger partial charge in [0.25, 0.3) is 0 Å². The summed E-state index contributed by atoms with van der Waals surface area (Å²) in [5, 5.41) is 5.19. The van der Waals surface area contributed by atoms with Crippen LogP contribution in [0.15, 0.2) is 35.7 Å². The van der Waals surface area contributed by atoms with Crippen molar-refractivity contribution in [3.63, 3.8) is 0 Å². The highest BCUT2D eigenvalue weighted by atomic mass is 32.1. The van der Waals surface area contributed by atoms with Crippen LogP contribution in [0.4, 0.5) is 0 Å². The minimum absolute atomic E-state index is 0.0861. The number of benzene rings is 1. The van der Waals surface area contributed by atoms with Crippen molar-refractivity contribution >= 4 is 17.2 Å². The van der Waals surface area contributed by atoms with E-state index in [1.807, 2.05) is 35.6 Å². The molecule has 3 rings (SSSR count). The summed E-state index contributed by atoms with van der Waals surface area (Å²) in [5.74, 6) is 0.915. The van der Waals surface area contributed by atoms with E-state index in [4.69, 9.17) is 4.74 Å². The Hall–Kier alpha value is -1.85. The SMILES string of the molecule is CCC1c2ccsc2CCN1CC(=O)NCc1ccc(OC)cc1. The molecule has 0 saturated carbocycles. The van der Waals surface area contributed by atoms with Crippen molar-refractivity contribution < 1.29 is 9.53 Å². The van der Waals surface area contributed by atoms with Crippen LogP contribution in [0.2, 0.25) is 0 Å². The highest BCUT2D eigenvalue weighted by molar-refractivity contribution is 7.10. The molecule has 1 aliphatic heterocycles. The second kappa shape index (κ2) is 7.81. The Balaban J connectivity index is 1.54. The summed E-state index contributed by atoms with van der Waals surface area (Å²) in [7, 11) is 1.65. The van der Waals surface area contributed by atoms with Crippen LogP contribution in [0.5, 0.6) is 5.75 Å². The molecular weight excluding hydrogens is 320 g/mol. The topological polar surface area (TPSA) is 41.6 Å². The molecule has 128 valence electrons. The molecule has 0 radical (unpaired) electrons. The van der Waals surface area contributed by atoms with Gasteiger partial charge >= 0.3 is 0 Å². The van der Waals surface area contributed by atoms with Gasteiger partial charge in [-0.3, -0.25) is 9.69 Å². The Morgan fingerprint density at radius 3 is 2.83 bits per heavy atom. The third kappa shape index (κ3) is 3.79. The van der Waals surface area contributed by atoms with E-state index in [9.17, 15) is 4.79 Å². The zero-order valence-electron chi connectivity index (χ0n) is 14.2. The molecule has 1 aromatic carbocycles. The van der Waals surface area contributed by atoms with E-state index in [0.29, 0.717) is 19.1 Å². The number of amides is 1. The van der Waals surface area contributed by atoms with Crippen LogP contribution in [0, 0.1) is 0 Å². The predicted molar refractivity (Wildman–Crippen MR) is 97.5 cm³/mol. The van der Waals surface area contributed by atoms with Crippen LogP contribution in [0.3, 0.4) is 0 Å². The van der Waals surface area contributed by atoms with Crippen LogP contribution in [-0.4, -0.2) is 31.0 Å². The first-order valence-electron chi connectivity index (χ1n) is 8.41. The molecule has 0 aliphatic carbocycles. The molecule has 0 fully saturated rings. The van der Waals surface area contributed by atoms with Crippen LogP contribution in [0.1, 0.15) is 35.4 Å². The molecule has 2 heterocycles. The number of methoxy groups -OCH3 is 1. The molecule has 24 heavy (non-hydrogen) atoms. The van der Waals surface area contributed by atoms with Crippen LogP contribution < -0.4 is 10.1 Å². The maximum absolute atomic E-state index is 12.3. The zero-order valence-corrected chi connectivity index (χ0v) is 15.1. The predicted octanol–water partition coefficient (Wildman–Crippen LogP) is 3.38. The number of thiophene rings is 1. The Labute approximate surface area is 147 Å². The van der Waals surface area contributed by atoms with E-state index < -0.39 is 0 Å². The molecule has 0 spiro atoms. The van der Waals surface area contributed by atoms with E-state index in [1.165, 1.54) is 10.4 Å². The van der Waals surface area contributed by atoms with Crippen molar-refractivity contribution in [2.24, 2.45) is 0 Å². The number of carbonyl (C=O) groups excluding carboxylic acids is 1. The second-order valence-electron chi connectivity index (χ2n) is 6.07. The highest BCUT2D eigenvalue weighted by Crippen LogP contribution is 2.34. The summed E-state index contributed by atoms with van der Waals surface area (Å²) in [6, 6.07) is 10.4. The minimum Gasteiger partial charge on any atom is -0.497 e. The van der Waals surface area contributed by atoms with Crippen molar-refractivity contribution in [2.45, 2.75) is 32.4 Å². The second-order valence-corrected chi connectivity index (χ2v) is 7.07. The van der Waals surface area contributed by atoms with Gasteiger partial charge in [-0.1, -0.05) is 19.1 Å². The smallest absolute Gasteiger partial charge is 0.234 e. The van der Waals surface area contributed by atoms with Crippen molar-refractivity contribution in [2.75, 3.05) is 20.2 Å². The van der Waals surface area contributed by atoms with Gasteiger partial charge in [-0.15, -0.1) is 11.3 Å². The molecule has 1 atom stereocenters. The Morgan fingerprint density at radius 2 is 2.12 bits per heavy atom. The van der Waals surface area contributed by atoms with Gasteiger partial charge in [0.15, 0.2) is 0 Å². The van der Waals surface area contributed by atoms with Crippen LogP contribution in [0.25, 0.3) is 0 Å². The largest absolute Gasteiger partial charge is 0.497 e. The van der Waals surface area contributed by atoms with E-state index in [1.54, 1.807) is 7.11 Å². The van der Waals surface area contributed by atoms with Crippen molar-refractivity contribution in [1.82, 2.24) is 10.2 Å². The number of hydrogen-bond acceptors (Lipinski definition) is 4. The summed E-state index contributed by atoms with van der Waals surface area (Å²) in [6.07, 6.45) is 2.09. The summed E-state index contributed by atoms with van der Waals surface area (Å²) >= 11 is 1.84. The molecule has 0 bridgehead atoms. The van der Waals surface area contributed by atoms with Gasteiger partial charge < -0.3 is 10.1 Å². The molecule has 4 nitrogen and oxygen atoms in total. The first-order valence-corrected chi connectivity index (χ1v) is 9.29. The minimum atomic E-state index is 0.0861. The number of carbonyl (C=O) groups is 1. The van der Waals surface area contributed by atoms with Crippen molar-refractivity contribution in [1.29, 1.82) is 0 Å². The highest BCUT2D eigenvalue weighted by Gasteiger charge is 2.27. The quantitative estimate of drug-likeness (QED) is 0.873. The van der Waals surface area contributed by atoms with Gasteiger partial charge in [0, 0.05) is 24.0 Å². The lowest BCUT2D eigenvalue weighted by Gasteiger charge is -2.34. The maximum Gasteiger partial charge on any atom is 0.234 e. The van der Waals surface area contributed by atoms with Gasteiger partial charge in [-0.25, -0.2) is 0 Å². The molecule has 1 aliphatic rings. The third-order valence-electron chi connectivity index (χ3n) is 4.59. The summed E-state index contributed by atoms with van der Waals surface area (Å²) < 4.78 is 5.15. The average Bonchev–Trinajstić information content (AvgIpc) is 3.09. The first kappa shape index (κ1) is 17.0. The lowest BCUT2D eigenvalue weighted by Crippen LogP contribution is -2.42. The molecule has 1 N–H and O–H groups in total.